The van der Waals surface area contributed by atoms with Gasteiger partial charge in [0, 0.05) is 25.0 Å². The van der Waals surface area contributed by atoms with Gasteiger partial charge in [0.15, 0.2) is 0 Å². The summed E-state index contributed by atoms with van der Waals surface area (Å²) in [6.07, 6.45) is -0.848. The van der Waals surface area contributed by atoms with Crippen molar-refractivity contribution in [3.63, 3.8) is 0 Å². The number of carbonyl (C=O) groups is 5. The lowest BCUT2D eigenvalue weighted by Gasteiger charge is -2.28. The Morgan fingerprint density at radius 2 is 1.54 bits per heavy atom. The summed E-state index contributed by atoms with van der Waals surface area (Å²) in [5.74, 6) is -2.19. The average Bonchev–Trinajstić information content (AvgIpc) is 3.42. The number of hydrogen-bond acceptors (Lipinski definition) is 8. The number of ether oxygens (including phenoxy) is 3. The summed E-state index contributed by atoms with van der Waals surface area (Å²) < 4.78 is 16.0. The van der Waals surface area contributed by atoms with E-state index in [0.717, 1.165) is 32.7 Å². The van der Waals surface area contributed by atoms with Crippen LogP contribution >= 0.6 is 0 Å². The van der Waals surface area contributed by atoms with Gasteiger partial charge in [-0.2, -0.15) is 0 Å². The molecule has 1 aliphatic carbocycles. The van der Waals surface area contributed by atoms with Crippen LogP contribution in [0.15, 0.2) is 78.9 Å². The van der Waals surface area contributed by atoms with E-state index in [1.165, 1.54) is 0 Å². The van der Waals surface area contributed by atoms with Crippen molar-refractivity contribution in [2.75, 3.05) is 32.8 Å². The fourth-order valence-electron chi connectivity index (χ4n) is 5.90. The standard InChI is InChI=1S/C35H38N4O9/c40-31(41)19-39-18-24(12-8-9-17-36-33(43)46-20-23-10-2-1-3-11-23)37-34(44)48-22-30(32(39)42)38-35(45)47-21-29-27-15-6-4-13-25(27)26-14-5-7-16-28(26)29/h1-7,10-11,13-16,24,29-30H,8-9,12,17-22H2,(H,36,43)(H,37,44)(H,38,45)(H,40,41)/t24-,30-/m1/s1. The molecular formula is C35H38N4O9. The van der Waals surface area contributed by atoms with Gasteiger partial charge >= 0.3 is 24.2 Å². The smallest absolute Gasteiger partial charge is 0.407 e. The van der Waals surface area contributed by atoms with Crippen molar-refractivity contribution in [3.8, 4) is 11.1 Å². The van der Waals surface area contributed by atoms with Gasteiger partial charge in [-0.15, -0.1) is 0 Å². The number of alkyl carbamates (subject to hydrolysis) is 3. The Bertz CT molecular complexity index is 1570. The molecule has 13 nitrogen and oxygen atoms in total. The lowest BCUT2D eigenvalue weighted by Crippen LogP contribution is -2.53. The van der Waals surface area contributed by atoms with Gasteiger partial charge in [0.05, 0.1) is 0 Å². The molecule has 252 valence electrons. The number of cyclic esters (lactones) is 1. The molecule has 3 aromatic rings. The number of unbranched alkanes of at least 4 members (excludes halogenated alkanes) is 1. The molecule has 3 aromatic carbocycles. The first-order valence-electron chi connectivity index (χ1n) is 15.8. The second-order valence-electron chi connectivity index (χ2n) is 11.6. The van der Waals surface area contributed by atoms with E-state index in [0.29, 0.717) is 25.8 Å². The summed E-state index contributed by atoms with van der Waals surface area (Å²) in [5, 5.41) is 17.3. The number of benzene rings is 3. The Morgan fingerprint density at radius 3 is 2.23 bits per heavy atom. The van der Waals surface area contributed by atoms with E-state index >= 15 is 0 Å². The van der Waals surface area contributed by atoms with Crippen molar-refractivity contribution in [1.29, 1.82) is 0 Å². The summed E-state index contributed by atoms with van der Waals surface area (Å²) in [4.78, 5) is 63.7. The first-order valence-corrected chi connectivity index (χ1v) is 15.8. The second-order valence-corrected chi connectivity index (χ2v) is 11.6. The highest BCUT2D eigenvalue weighted by molar-refractivity contribution is 5.89. The molecule has 5 rings (SSSR count). The zero-order valence-corrected chi connectivity index (χ0v) is 26.3. The molecule has 1 heterocycles. The molecule has 0 saturated carbocycles. The molecule has 0 bridgehead atoms. The van der Waals surface area contributed by atoms with Gasteiger partial charge in [-0.25, -0.2) is 14.4 Å². The molecule has 0 radical (unpaired) electrons. The summed E-state index contributed by atoms with van der Waals surface area (Å²) in [7, 11) is 0. The lowest BCUT2D eigenvalue weighted by molar-refractivity contribution is -0.145. The predicted molar refractivity (Wildman–Crippen MR) is 173 cm³/mol. The number of aliphatic carboxylic acids is 1. The van der Waals surface area contributed by atoms with Crippen LogP contribution in [0, 0.1) is 0 Å². The highest BCUT2D eigenvalue weighted by atomic mass is 16.6. The Morgan fingerprint density at radius 1 is 0.875 bits per heavy atom. The Kier molecular flexibility index (Phi) is 11.5. The summed E-state index contributed by atoms with van der Waals surface area (Å²) in [6.45, 7) is -0.839. The van der Waals surface area contributed by atoms with Crippen molar-refractivity contribution in [1.82, 2.24) is 20.9 Å². The van der Waals surface area contributed by atoms with Crippen LogP contribution in [0.3, 0.4) is 0 Å². The third-order valence-corrected chi connectivity index (χ3v) is 8.18. The first-order chi connectivity index (χ1) is 23.3. The van der Waals surface area contributed by atoms with Gasteiger partial charge in [0.25, 0.3) is 0 Å². The maximum atomic E-state index is 13.5. The lowest BCUT2D eigenvalue weighted by atomic mass is 9.98. The summed E-state index contributed by atoms with van der Waals surface area (Å²) in [5.41, 5.74) is 5.01. The Balaban J connectivity index is 1.12. The number of amides is 4. The summed E-state index contributed by atoms with van der Waals surface area (Å²) >= 11 is 0. The second kappa shape index (κ2) is 16.3. The predicted octanol–water partition coefficient (Wildman–Crippen LogP) is 4.01. The fourth-order valence-corrected chi connectivity index (χ4v) is 5.90. The minimum Gasteiger partial charge on any atom is -0.480 e. The van der Waals surface area contributed by atoms with Crippen LogP contribution in [0.5, 0.6) is 0 Å². The van der Waals surface area contributed by atoms with Crippen molar-refractivity contribution in [2.45, 2.75) is 43.9 Å². The van der Waals surface area contributed by atoms with E-state index in [9.17, 15) is 29.1 Å². The quantitative estimate of drug-likeness (QED) is 0.166. The van der Waals surface area contributed by atoms with Crippen molar-refractivity contribution >= 4 is 30.2 Å². The zero-order chi connectivity index (χ0) is 33.9. The molecule has 2 aliphatic rings. The number of carboxylic acid groups (broad SMARTS) is 1. The molecule has 1 aliphatic heterocycles. The van der Waals surface area contributed by atoms with Crippen LogP contribution in [0.1, 0.15) is 41.9 Å². The minimum atomic E-state index is -1.37. The number of nitrogens with one attached hydrogen (secondary N) is 3. The normalized spacial score (nSPS) is 17.4. The third kappa shape index (κ3) is 9.02. The molecule has 1 saturated heterocycles. The van der Waals surface area contributed by atoms with Crippen LogP contribution in [-0.4, -0.2) is 85.1 Å². The van der Waals surface area contributed by atoms with Gasteiger partial charge in [0.1, 0.15) is 32.4 Å². The largest absolute Gasteiger partial charge is 0.480 e. The van der Waals surface area contributed by atoms with Gasteiger partial charge in [0.2, 0.25) is 5.91 Å². The van der Waals surface area contributed by atoms with Gasteiger partial charge in [-0.3, -0.25) is 9.59 Å². The Hall–Kier alpha value is -5.59. The number of nitrogens with zero attached hydrogens (tertiary/aromatic N) is 1. The molecule has 48 heavy (non-hydrogen) atoms. The monoisotopic (exact) mass is 658 g/mol. The molecule has 0 spiro atoms. The number of hydrogen-bond donors (Lipinski definition) is 4. The number of carboxylic acids is 1. The maximum absolute atomic E-state index is 13.5. The van der Waals surface area contributed by atoms with E-state index in [-0.39, 0.29) is 25.7 Å². The van der Waals surface area contributed by atoms with Crippen LogP contribution in [0.4, 0.5) is 14.4 Å². The van der Waals surface area contributed by atoms with Gasteiger partial charge in [-0.05, 0) is 47.1 Å². The van der Waals surface area contributed by atoms with Gasteiger partial charge in [-0.1, -0.05) is 78.9 Å². The van der Waals surface area contributed by atoms with Crippen LogP contribution < -0.4 is 16.0 Å². The number of rotatable bonds is 12. The maximum Gasteiger partial charge on any atom is 0.407 e. The molecular weight excluding hydrogens is 620 g/mol. The fraction of sp³-hybridized carbons (Fsp3) is 0.343. The molecule has 0 unspecified atom stereocenters. The van der Waals surface area contributed by atoms with E-state index in [1.54, 1.807) is 0 Å². The van der Waals surface area contributed by atoms with Crippen LogP contribution in [0.25, 0.3) is 11.1 Å². The highest BCUT2D eigenvalue weighted by Gasteiger charge is 2.34. The topological polar surface area (TPSA) is 173 Å². The molecule has 1 fully saturated rings. The zero-order valence-electron chi connectivity index (χ0n) is 26.3. The number of fused-ring (bicyclic) bond motifs is 3. The molecule has 0 aromatic heterocycles. The molecule has 4 N–H and O–H groups in total. The van der Waals surface area contributed by atoms with E-state index in [2.05, 4.69) is 16.0 Å². The van der Waals surface area contributed by atoms with Crippen molar-refractivity contribution in [2.24, 2.45) is 0 Å². The highest BCUT2D eigenvalue weighted by Crippen LogP contribution is 2.44. The van der Waals surface area contributed by atoms with Crippen LogP contribution in [0.2, 0.25) is 0 Å². The summed E-state index contributed by atoms with van der Waals surface area (Å²) in [6, 6.07) is 23.0. The third-order valence-electron chi connectivity index (χ3n) is 8.18. The van der Waals surface area contributed by atoms with Crippen molar-refractivity contribution in [3.05, 3.63) is 95.6 Å². The Labute approximate surface area is 277 Å². The number of carbonyl (C=O) groups excluding carboxylic acids is 4. The SMILES string of the molecule is O=C(O)CN1C[C@@H](CCCCNC(=O)OCc2ccccc2)NC(=O)OC[C@@H](NC(=O)OCC2c3ccccc3-c3ccccc32)C1=O. The molecule has 2 atom stereocenters. The average molecular weight is 659 g/mol. The molecule has 13 heteroatoms. The first kappa shape index (κ1) is 33.8. The van der Waals surface area contributed by atoms with Gasteiger partial charge < -0.3 is 40.2 Å². The van der Waals surface area contributed by atoms with Crippen LogP contribution in [-0.2, 0) is 30.4 Å². The van der Waals surface area contributed by atoms with Crippen molar-refractivity contribution < 1.29 is 43.3 Å². The molecule has 4 amide bonds. The van der Waals surface area contributed by atoms with E-state index < -0.39 is 55.4 Å². The van der Waals surface area contributed by atoms with E-state index in [4.69, 9.17) is 14.2 Å². The minimum absolute atomic E-state index is 0.00261. The van der Waals surface area contributed by atoms with E-state index in [1.807, 2.05) is 78.9 Å².